The summed E-state index contributed by atoms with van der Waals surface area (Å²) in [6, 6.07) is 11.5. The van der Waals surface area contributed by atoms with E-state index in [0.29, 0.717) is 0 Å². The number of nitrogens with zero attached hydrogens (tertiary/aromatic N) is 3. The highest BCUT2D eigenvalue weighted by Crippen LogP contribution is 2.42. The van der Waals surface area contributed by atoms with Crippen molar-refractivity contribution in [2.45, 2.75) is 24.6 Å². The van der Waals surface area contributed by atoms with Crippen LogP contribution in [0.15, 0.2) is 47.5 Å². The normalized spacial score (nSPS) is 21.4. The monoisotopic (exact) mass is 371 g/mol. The highest BCUT2D eigenvalue weighted by atomic mass is 19.4. The summed E-state index contributed by atoms with van der Waals surface area (Å²) in [7, 11) is 0. The number of aliphatic imine (C=N–C) groups is 1. The number of anilines is 1. The lowest BCUT2D eigenvalue weighted by Crippen LogP contribution is -2.44. The first kappa shape index (κ1) is 17.2. The minimum atomic E-state index is -4.51. The standard InChI is InChI=1S/C19H12F3N3O2/c20-19(21,22)13-5-6-14-12(7-13)8-18(27)9-16(26)25(17(18)24-14)15-4-2-1-3-11(15)10-23/h1-7,27H,8-9H2/t18-/m0/s1. The van der Waals surface area contributed by atoms with Crippen molar-refractivity contribution in [3.05, 3.63) is 59.2 Å². The number of para-hydroxylation sites is 1. The lowest BCUT2D eigenvalue weighted by atomic mass is 9.88. The predicted octanol–water partition coefficient (Wildman–Crippen LogP) is 3.33. The zero-order valence-corrected chi connectivity index (χ0v) is 13.8. The number of fused-ring (bicyclic) bond motifs is 2. The van der Waals surface area contributed by atoms with Crippen molar-refractivity contribution >= 4 is 23.1 Å². The Morgan fingerprint density at radius 2 is 1.93 bits per heavy atom. The number of halogens is 3. The van der Waals surface area contributed by atoms with Crippen LogP contribution in [0.5, 0.6) is 0 Å². The fourth-order valence-electron chi connectivity index (χ4n) is 3.48. The maximum absolute atomic E-state index is 13.0. The van der Waals surface area contributed by atoms with Crippen LogP contribution in [0.1, 0.15) is 23.1 Å². The maximum atomic E-state index is 13.0. The molecule has 0 unspecified atom stereocenters. The van der Waals surface area contributed by atoms with Crippen molar-refractivity contribution in [2.24, 2.45) is 4.99 Å². The summed E-state index contributed by atoms with van der Waals surface area (Å²) in [5.41, 5.74) is -1.54. The maximum Gasteiger partial charge on any atom is 0.416 e. The molecule has 2 aromatic rings. The molecular formula is C19H12F3N3O2. The highest BCUT2D eigenvalue weighted by molar-refractivity contribution is 6.27. The number of carbonyl (C=O) groups excluding carboxylic acids is 1. The third-order valence-electron chi connectivity index (χ3n) is 4.70. The number of nitriles is 1. The van der Waals surface area contributed by atoms with Crippen LogP contribution in [0, 0.1) is 11.3 Å². The molecule has 0 bridgehead atoms. The number of amides is 1. The molecule has 1 atom stereocenters. The molecule has 1 fully saturated rings. The van der Waals surface area contributed by atoms with Crippen LogP contribution >= 0.6 is 0 Å². The molecule has 1 amide bonds. The van der Waals surface area contributed by atoms with E-state index in [9.17, 15) is 28.3 Å². The molecule has 0 radical (unpaired) electrons. The summed E-state index contributed by atoms with van der Waals surface area (Å²) in [5, 5.41) is 20.3. The number of amidine groups is 1. The number of rotatable bonds is 1. The second-order valence-corrected chi connectivity index (χ2v) is 6.52. The van der Waals surface area contributed by atoms with Crippen molar-refractivity contribution in [2.75, 3.05) is 4.90 Å². The number of carbonyl (C=O) groups is 1. The molecule has 0 aliphatic carbocycles. The zero-order valence-electron chi connectivity index (χ0n) is 13.8. The third-order valence-corrected chi connectivity index (χ3v) is 4.70. The predicted molar refractivity (Wildman–Crippen MR) is 90.5 cm³/mol. The van der Waals surface area contributed by atoms with Gasteiger partial charge in [-0.15, -0.1) is 0 Å². The van der Waals surface area contributed by atoms with E-state index >= 15 is 0 Å². The van der Waals surface area contributed by atoms with Crippen LogP contribution in [0.2, 0.25) is 0 Å². The Morgan fingerprint density at radius 1 is 1.19 bits per heavy atom. The summed E-state index contributed by atoms with van der Waals surface area (Å²) in [4.78, 5) is 18.0. The summed E-state index contributed by atoms with van der Waals surface area (Å²) < 4.78 is 38.9. The van der Waals surface area contributed by atoms with Gasteiger partial charge in [0.05, 0.1) is 28.9 Å². The van der Waals surface area contributed by atoms with Crippen LogP contribution in [0.4, 0.5) is 24.5 Å². The molecule has 136 valence electrons. The number of aliphatic hydroxyl groups is 1. The minimum Gasteiger partial charge on any atom is -0.381 e. The van der Waals surface area contributed by atoms with E-state index in [4.69, 9.17) is 0 Å². The first-order valence-corrected chi connectivity index (χ1v) is 8.07. The summed E-state index contributed by atoms with van der Waals surface area (Å²) in [5.74, 6) is -0.440. The molecule has 1 saturated heterocycles. The average molecular weight is 371 g/mol. The van der Waals surface area contributed by atoms with Crippen LogP contribution in [0.25, 0.3) is 0 Å². The molecule has 8 heteroatoms. The number of hydrogen-bond acceptors (Lipinski definition) is 4. The van der Waals surface area contributed by atoms with Crippen molar-refractivity contribution in [1.82, 2.24) is 0 Å². The Hall–Kier alpha value is -3.18. The van der Waals surface area contributed by atoms with Gasteiger partial charge in [0, 0.05) is 6.42 Å². The molecule has 2 aromatic carbocycles. The highest BCUT2D eigenvalue weighted by Gasteiger charge is 2.51. The average Bonchev–Trinajstić information content (AvgIpc) is 2.87. The molecule has 5 nitrogen and oxygen atoms in total. The number of benzene rings is 2. The van der Waals surface area contributed by atoms with Gasteiger partial charge in [-0.05, 0) is 35.9 Å². The molecule has 0 spiro atoms. The Balaban J connectivity index is 1.85. The molecule has 2 aliphatic rings. The van der Waals surface area contributed by atoms with Crippen molar-refractivity contribution in [3.8, 4) is 6.07 Å². The number of alkyl halides is 3. The lowest BCUT2D eigenvalue weighted by molar-refractivity contribution is -0.137. The summed E-state index contributed by atoms with van der Waals surface area (Å²) >= 11 is 0. The Kier molecular flexibility index (Phi) is 3.61. The minimum absolute atomic E-state index is 0.0301. The SMILES string of the molecule is N#Cc1ccccc1N1C(=O)C[C@@]2(O)Cc3cc(C(F)(F)F)ccc3N=C12. The largest absolute Gasteiger partial charge is 0.416 e. The van der Waals surface area contributed by atoms with Gasteiger partial charge < -0.3 is 5.11 Å². The van der Waals surface area contributed by atoms with Crippen molar-refractivity contribution < 1.29 is 23.1 Å². The molecule has 1 N–H and O–H groups in total. The van der Waals surface area contributed by atoms with Gasteiger partial charge in [0.1, 0.15) is 17.5 Å². The third kappa shape index (κ3) is 2.67. The molecule has 2 heterocycles. The van der Waals surface area contributed by atoms with E-state index < -0.39 is 23.2 Å². The van der Waals surface area contributed by atoms with Crippen molar-refractivity contribution in [1.29, 1.82) is 5.26 Å². The molecule has 27 heavy (non-hydrogen) atoms. The first-order chi connectivity index (χ1) is 12.7. The molecule has 2 aliphatic heterocycles. The Bertz CT molecular complexity index is 1040. The van der Waals surface area contributed by atoms with Gasteiger partial charge in [-0.1, -0.05) is 12.1 Å². The van der Waals surface area contributed by atoms with Crippen LogP contribution in [0.3, 0.4) is 0 Å². The summed E-state index contributed by atoms with van der Waals surface area (Å²) in [6.07, 6.45) is -4.99. The van der Waals surface area contributed by atoms with Crippen molar-refractivity contribution in [3.63, 3.8) is 0 Å². The van der Waals surface area contributed by atoms with Gasteiger partial charge in [0.2, 0.25) is 5.91 Å². The van der Waals surface area contributed by atoms with E-state index in [0.717, 1.165) is 12.1 Å². The Labute approximate surface area is 152 Å². The van der Waals surface area contributed by atoms with Gasteiger partial charge in [-0.3, -0.25) is 9.69 Å². The molecule has 4 rings (SSSR count). The zero-order chi connectivity index (χ0) is 19.4. The van der Waals surface area contributed by atoms with E-state index in [2.05, 4.69) is 4.99 Å². The Morgan fingerprint density at radius 3 is 2.63 bits per heavy atom. The smallest absolute Gasteiger partial charge is 0.381 e. The topological polar surface area (TPSA) is 76.7 Å². The van der Waals surface area contributed by atoms with Crippen LogP contribution in [-0.2, 0) is 17.4 Å². The van der Waals surface area contributed by atoms with Gasteiger partial charge in [-0.2, -0.15) is 18.4 Å². The van der Waals surface area contributed by atoms with Gasteiger partial charge in [0.25, 0.3) is 0 Å². The first-order valence-electron chi connectivity index (χ1n) is 8.07. The van der Waals surface area contributed by atoms with E-state index in [1.54, 1.807) is 18.2 Å². The molecule has 0 saturated carbocycles. The van der Waals surface area contributed by atoms with Crippen LogP contribution < -0.4 is 4.90 Å². The quantitative estimate of drug-likeness (QED) is 0.835. The lowest BCUT2D eigenvalue weighted by Gasteiger charge is -2.30. The van der Waals surface area contributed by atoms with Crippen LogP contribution in [-0.4, -0.2) is 22.5 Å². The van der Waals surface area contributed by atoms with E-state index in [-0.39, 0.29) is 41.2 Å². The summed E-state index contributed by atoms with van der Waals surface area (Å²) in [6.45, 7) is 0. The second kappa shape index (κ2) is 5.66. The van der Waals surface area contributed by atoms with Gasteiger partial charge in [-0.25, -0.2) is 4.99 Å². The molecule has 0 aromatic heterocycles. The van der Waals surface area contributed by atoms with Gasteiger partial charge in [0.15, 0.2) is 0 Å². The van der Waals surface area contributed by atoms with Gasteiger partial charge >= 0.3 is 6.18 Å². The second-order valence-electron chi connectivity index (χ2n) is 6.52. The fourth-order valence-corrected chi connectivity index (χ4v) is 3.48. The molecular weight excluding hydrogens is 359 g/mol. The van der Waals surface area contributed by atoms with E-state index in [1.165, 1.54) is 17.0 Å². The van der Waals surface area contributed by atoms with E-state index in [1.807, 2.05) is 6.07 Å². The fraction of sp³-hybridized carbons (Fsp3) is 0.211. The number of hydrogen-bond donors (Lipinski definition) is 1.